The molecule has 11 heteroatoms. The van der Waals surface area contributed by atoms with Gasteiger partial charge in [0.25, 0.3) is 0 Å². The summed E-state index contributed by atoms with van der Waals surface area (Å²) in [5, 5.41) is 75.7. The Hall–Kier alpha value is -1.67. The molecule has 11 nitrogen and oxygen atoms in total. The fraction of sp³-hybridized carbons (Fsp3) is 0.873. The first-order valence-electron chi connectivity index (χ1n) is 27.4. The Morgan fingerprint density at radius 1 is 0.515 bits per heavy atom. The molecule has 0 aromatic rings. The van der Waals surface area contributed by atoms with Crippen molar-refractivity contribution < 1.29 is 50.0 Å². The van der Waals surface area contributed by atoms with Crippen LogP contribution in [0.25, 0.3) is 0 Å². The van der Waals surface area contributed by atoms with Crippen LogP contribution in [0.3, 0.4) is 0 Å². The highest BCUT2D eigenvalue weighted by atomic mass is 16.7. The van der Waals surface area contributed by atoms with Crippen molar-refractivity contribution in [2.75, 3.05) is 13.2 Å². The van der Waals surface area contributed by atoms with Gasteiger partial charge in [0.2, 0.25) is 5.91 Å². The lowest BCUT2D eigenvalue weighted by molar-refractivity contribution is -0.303. The van der Waals surface area contributed by atoms with E-state index in [1.54, 1.807) is 0 Å². The number of rotatable bonds is 46. The van der Waals surface area contributed by atoms with Gasteiger partial charge < -0.3 is 50.5 Å². The molecule has 0 aliphatic carbocycles. The van der Waals surface area contributed by atoms with Gasteiger partial charge in [0.05, 0.1) is 25.4 Å². The number of allylic oxidation sites excluding steroid dienone is 6. The third kappa shape index (κ3) is 33.0. The van der Waals surface area contributed by atoms with Crippen LogP contribution < -0.4 is 5.32 Å². The van der Waals surface area contributed by atoms with Gasteiger partial charge in [0.15, 0.2) is 6.29 Å². The Labute approximate surface area is 403 Å². The first-order valence-corrected chi connectivity index (χ1v) is 27.4. The van der Waals surface area contributed by atoms with Crippen molar-refractivity contribution in [2.45, 2.75) is 294 Å². The number of aliphatic hydroxyl groups is 7. The number of hydrogen-bond donors (Lipinski definition) is 8. The van der Waals surface area contributed by atoms with Gasteiger partial charge in [0, 0.05) is 0 Å². The predicted molar refractivity (Wildman–Crippen MR) is 270 cm³/mol. The molecule has 0 aromatic heterocycles. The van der Waals surface area contributed by atoms with Gasteiger partial charge >= 0.3 is 0 Å². The summed E-state index contributed by atoms with van der Waals surface area (Å²) in [6, 6.07) is -1.19. The molecular weight excluding hydrogens is 835 g/mol. The van der Waals surface area contributed by atoms with Gasteiger partial charge in [-0.25, -0.2) is 0 Å². The van der Waals surface area contributed by atoms with E-state index in [1.807, 2.05) is 0 Å². The number of nitrogens with one attached hydrogen (secondary N) is 1. The molecule has 0 bridgehead atoms. The van der Waals surface area contributed by atoms with Crippen molar-refractivity contribution in [3.05, 3.63) is 36.5 Å². The zero-order valence-corrected chi connectivity index (χ0v) is 42.2. The number of unbranched alkanes of at least 4 members (excludes halogenated alkanes) is 28. The molecule has 8 N–H and O–H groups in total. The highest BCUT2D eigenvalue weighted by molar-refractivity contribution is 5.80. The normalized spacial score (nSPS) is 21.0. The van der Waals surface area contributed by atoms with Crippen molar-refractivity contribution in [3.63, 3.8) is 0 Å². The second-order valence-electron chi connectivity index (χ2n) is 19.3. The van der Waals surface area contributed by atoms with Crippen molar-refractivity contribution >= 4 is 5.91 Å². The maximum atomic E-state index is 13.1. The minimum absolute atomic E-state index is 0.242. The maximum absolute atomic E-state index is 13.1. The summed E-state index contributed by atoms with van der Waals surface area (Å²) in [5.74, 6) is -0.714. The zero-order valence-electron chi connectivity index (χ0n) is 42.2. The van der Waals surface area contributed by atoms with E-state index in [9.17, 15) is 40.5 Å². The van der Waals surface area contributed by atoms with Gasteiger partial charge in [-0.1, -0.05) is 211 Å². The van der Waals surface area contributed by atoms with E-state index in [-0.39, 0.29) is 12.8 Å². The SMILES string of the molecule is CCCCCCCCCCCCCCCCCC/C=C/CC/C=C/CC/C=C/CCCC(O)C(O)C(COC1OC(CO)C(O)C(O)C1O)NC(=O)C(O)CCCCCCCCCCCC. The van der Waals surface area contributed by atoms with Gasteiger partial charge in [-0.15, -0.1) is 0 Å². The molecule has 388 valence electrons. The van der Waals surface area contributed by atoms with Crippen LogP contribution >= 0.6 is 0 Å². The Kier molecular flexibility index (Phi) is 42.1. The quantitative estimate of drug-likeness (QED) is 0.0215. The molecule has 1 saturated heterocycles. The lowest BCUT2D eigenvalue weighted by atomic mass is 9.98. The fourth-order valence-electron chi connectivity index (χ4n) is 8.65. The van der Waals surface area contributed by atoms with E-state index in [2.05, 4.69) is 55.6 Å². The molecule has 0 aromatic carbocycles. The van der Waals surface area contributed by atoms with Crippen molar-refractivity contribution in [2.24, 2.45) is 0 Å². The first-order chi connectivity index (χ1) is 32.2. The molecule has 0 radical (unpaired) electrons. The molecule has 9 unspecified atom stereocenters. The van der Waals surface area contributed by atoms with E-state index in [4.69, 9.17) is 9.47 Å². The summed E-state index contributed by atoms with van der Waals surface area (Å²) >= 11 is 0. The van der Waals surface area contributed by atoms with Crippen LogP contribution in [0.4, 0.5) is 0 Å². The van der Waals surface area contributed by atoms with Crippen LogP contribution in [0.15, 0.2) is 36.5 Å². The third-order valence-corrected chi connectivity index (χ3v) is 13.2. The number of hydrogen-bond acceptors (Lipinski definition) is 10. The Morgan fingerprint density at radius 2 is 0.909 bits per heavy atom. The number of aliphatic hydroxyl groups excluding tert-OH is 7. The van der Waals surface area contributed by atoms with Crippen LogP contribution in [0.1, 0.15) is 239 Å². The molecular formula is C55H103NO10. The van der Waals surface area contributed by atoms with Gasteiger partial charge in [0.1, 0.15) is 36.6 Å². The highest BCUT2D eigenvalue weighted by Gasteiger charge is 2.44. The number of ether oxygens (including phenoxy) is 2. The van der Waals surface area contributed by atoms with E-state index in [0.29, 0.717) is 19.3 Å². The fourth-order valence-corrected chi connectivity index (χ4v) is 8.65. The van der Waals surface area contributed by atoms with Gasteiger partial charge in [-0.2, -0.15) is 0 Å². The van der Waals surface area contributed by atoms with E-state index in [0.717, 1.165) is 44.9 Å². The van der Waals surface area contributed by atoms with Crippen LogP contribution in [0.5, 0.6) is 0 Å². The smallest absolute Gasteiger partial charge is 0.249 e. The molecule has 1 fully saturated rings. The minimum Gasteiger partial charge on any atom is -0.394 e. The molecule has 1 aliphatic heterocycles. The second kappa shape index (κ2) is 44.5. The van der Waals surface area contributed by atoms with Gasteiger partial charge in [-0.3, -0.25) is 4.79 Å². The zero-order chi connectivity index (χ0) is 48.3. The summed E-state index contributed by atoms with van der Waals surface area (Å²) in [7, 11) is 0. The van der Waals surface area contributed by atoms with Crippen molar-refractivity contribution in [1.82, 2.24) is 5.32 Å². The summed E-state index contributed by atoms with van der Waals surface area (Å²) in [6.07, 6.45) is 42.3. The molecule has 1 rings (SSSR count). The van der Waals surface area contributed by atoms with Crippen molar-refractivity contribution in [3.8, 4) is 0 Å². The highest BCUT2D eigenvalue weighted by Crippen LogP contribution is 2.23. The second-order valence-corrected chi connectivity index (χ2v) is 19.3. The van der Waals surface area contributed by atoms with E-state index >= 15 is 0 Å². The summed E-state index contributed by atoms with van der Waals surface area (Å²) in [5.41, 5.74) is 0. The Bertz CT molecular complexity index is 1170. The lowest BCUT2D eigenvalue weighted by Crippen LogP contribution is -2.60. The Morgan fingerprint density at radius 3 is 1.35 bits per heavy atom. The number of carbonyl (C=O) groups is 1. The molecule has 1 aliphatic rings. The monoisotopic (exact) mass is 938 g/mol. The summed E-state index contributed by atoms with van der Waals surface area (Å²) < 4.78 is 11.1. The van der Waals surface area contributed by atoms with E-state index in [1.165, 1.54) is 148 Å². The average molecular weight is 938 g/mol. The largest absolute Gasteiger partial charge is 0.394 e. The third-order valence-electron chi connectivity index (χ3n) is 13.2. The molecule has 0 spiro atoms. The maximum Gasteiger partial charge on any atom is 0.249 e. The van der Waals surface area contributed by atoms with Crippen LogP contribution in [0.2, 0.25) is 0 Å². The van der Waals surface area contributed by atoms with Crippen LogP contribution in [-0.4, -0.2) is 110 Å². The lowest BCUT2D eigenvalue weighted by Gasteiger charge is -2.40. The average Bonchev–Trinajstić information content (AvgIpc) is 3.32. The number of amides is 1. The van der Waals surface area contributed by atoms with Crippen LogP contribution in [-0.2, 0) is 14.3 Å². The topological polar surface area (TPSA) is 189 Å². The predicted octanol–water partition coefficient (Wildman–Crippen LogP) is 10.7. The van der Waals surface area contributed by atoms with Gasteiger partial charge in [-0.05, 0) is 64.2 Å². The molecule has 0 saturated carbocycles. The minimum atomic E-state index is -1.67. The molecule has 1 heterocycles. The first kappa shape index (κ1) is 62.3. The standard InChI is InChI=1S/C55H103NO10/c1-3-5-7-9-11-13-15-16-17-18-19-20-21-22-23-24-25-26-27-28-29-30-31-32-33-35-36-38-40-42-47(58)50(60)46(45-65-55-53(63)52(62)51(61)49(44-57)66-55)56-54(64)48(59)43-41-39-37-34-14-12-10-8-6-4-2/h26-27,30-31,35-36,46-53,55,57-63H,3-25,28-29,32-34,37-45H2,1-2H3,(H,56,64)/b27-26+,31-30+,36-35+. The molecule has 9 atom stereocenters. The summed E-state index contributed by atoms with van der Waals surface area (Å²) in [6.45, 7) is 3.41. The van der Waals surface area contributed by atoms with Crippen LogP contribution in [0, 0.1) is 0 Å². The Balaban J connectivity index is 2.30. The summed E-state index contributed by atoms with van der Waals surface area (Å²) in [4.78, 5) is 13.1. The van der Waals surface area contributed by atoms with E-state index < -0.39 is 74.2 Å². The number of carbonyl (C=O) groups excluding carboxylic acids is 1. The molecule has 66 heavy (non-hydrogen) atoms. The molecule has 1 amide bonds. The van der Waals surface area contributed by atoms with Crippen molar-refractivity contribution in [1.29, 1.82) is 0 Å².